The molecule has 3 rings (SSSR count). The number of nitrogens with one attached hydrogen (secondary N) is 1. The number of guanidine groups is 1. The number of hydrogen-bond acceptors (Lipinski definition) is 4. The summed E-state index contributed by atoms with van der Waals surface area (Å²) in [5.74, 6) is 1.86. The topological polar surface area (TPSA) is 49.3 Å². The predicted molar refractivity (Wildman–Crippen MR) is 114 cm³/mol. The van der Waals surface area contributed by atoms with Crippen LogP contribution in [0.25, 0.3) is 0 Å². The first-order chi connectivity index (χ1) is 13.8. The standard InChI is InChI=1S/C22H30N4O2/c1-23-22(24-12-17-28-18-19-8-4-3-5-9-19)26-15-13-25(14-16-26)20-10-6-7-11-21(20)27-2/h3-11H,12-18H2,1-2H3,(H,23,24). The molecular weight excluding hydrogens is 352 g/mol. The summed E-state index contributed by atoms with van der Waals surface area (Å²) in [5, 5.41) is 3.41. The van der Waals surface area contributed by atoms with Gasteiger partial charge < -0.3 is 24.6 Å². The molecule has 2 aromatic rings. The first-order valence-electron chi connectivity index (χ1n) is 9.77. The average Bonchev–Trinajstić information content (AvgIpc) is 2.77. The van der Waals surface area contributed by atoms with Crippen molar-refractivity contribution in [1.29, 1.82) is 0 Å². The summed E-state index contributed by atoms with van der Waals surface area (Å²) in [5.41, 5.74) is 2.35. The summed E-state index contributed by atoms with van der Waals surface area (Å²) in [6.07, 6.45) is 0. The second kappa shape index (κ2) is 10.6. The number of aliphatic imine (C=N–C) groups is 1. The number of anilines is 1. The lowest BCUT2D eigenvalue weighted by atomic mass is 10.2. The van der Waals surface area contributed by atoms with Gasteiger partial charge in [0.05, 0.1) is 26.0 Å². The quantitative estimate of drug-likeness (QED) is 0.453. The van der Waals surface area contributed by atoms with E-state index in [-0.39, 0.29) is 0 Å². The Morgan fingerprint density at radius 1 is 1.00 bits per heavy atom. The average molecular weight is 383 g/mol. The lowest BCUT2D eigenvalue weighted by Crippen LogP contribution is -2.53. The smallest absolute Gasteiger partial charge is 0.193 e. The Morgan fingerprint density at radius 2 is 1.71 bits per heavy atom. The predicted octanol–water partition coefficient (Wildman–Crippen LogP) is 2.61. The highest BCUT2D eigenvalue weighted by Gasteiger charge is 2.21. The fourth-order valence-corrected chi connectivity index (χ4v) is 3.38. The van der Waals surface area contributed by atoms with Crippen molar-refractivity contribution in [1.82, 2.24) is 10.2 Å². The minimum Gasteiger partial charge on any atom is -0.495 e. The Bertz CT molecular complexity index is 743. The van der Waals surface area contributed by atoms with Crippen LogP contribution in [-0.2, 0) is 11.3 Å². The molecule has 28 heavy (non-hydrogen) atoms. The Morgan fingerprint density at radius 3 is 2.43 bits per heavy atom. The molecule has 0 spiro atoms. The molecule has 2 aromatic carbocycles. The van der Waals surface area contributed by atoms with Gasteiger partial charge in [0, 0.05) is 39.8 Å². The monoisotopic (exact) mass is 382 g/mol. The van der Waals surface area contributed by atoms with Gasteiger partial charge in [-0.15, -0.1) is 0 Å². The SMILES string of the molecule is CN=C(NCCOCc1ccccc1)N1CCN(c2ccccc2OC)CC1. The molecule has 0 radical (unpaired) electrons. The third-order valence-electron chi connectivity index (χ3n) is 4.86. The molecule has 6 nitrogen and oxygen atoms in total. The number of rotatable bonds is 7. The second-order valence-electron chi connectivity index (χ2n) is 6.66. The van der Waals surface area contributed by atoms with E-state index < -0.39 is 0 Å². The van der Waals surface area contributed by atoms with Crippen LogP contribution in [0, 0.1) is 0 Å². The Kier molecular flexibility index (Phi) is 7.55. The molecule has 1 aliphatic heterocycles. The molecule has 1 heterocycles. The molecule has 1 aliphatic rings. The zero-order chi connectivity index (χ0) is 19.6. The van der Waals surface area contributed by atoms with Gasteiger partial charge in [-0.3, -0.25) is 4.99 Å². The van der Waals surface area contributed by atoms with Gasteiger partial charge >= 0.3 is 0 Å². The first kappa shape index (κ1) is 20.0. The number of benzene rings is 2. The molecule has 0 amide bonds. The molecule has 1 fully saturated rings. The highest BCUT2D eigenvalue weighted by atomic mass is 16.5. The molecule has 0 saturated carbocycles. The normalized spacial score (nSPS) is 14.9. The van der Waals surface area contributed by atoms with E-state index in [9.17, 15) is 0 Å². The summed E-state index contributed by atoms with van der Waals surface area (Å²) in [7, 11) is 3.56. The van der Waals surface area contributed by atoms with Gasteiger partial charge in [-0.1, -0.05) is 42.5 Å². The zero-order valence-corrected chi connectivity index (χ0v) is 16.8. The maximum Gasteiger partial charge on any atom is 0.193 e. The number of hydrogen-bond donors (Lipinski definition) is 1. The molecule has 0 aliphatic carbocycles. The number of ether oxygens (including phenoxy) is 2. The lowest BCUT2D eigenvalue weighted by Gasteiger charge is -2.38. The summed E-state index contributed by atoms with van der Waals surface area (Å²) in [6, 6.07) is 18.4. The molecular formula is C22H30N4O2. The summed E-state index contributed by atoms with van der Waals surface area (Å²) in [6.45, 7) is 5.74. The molecule has 1 saturated heterocycles. The third kappa shape index (κ3) is 5.39. The van der Waals surface area contributed by atoms with Crippen molar-refractivity contribution in [2.45, 2.75) is 6.61 Å². The van der Waals surface area contributed by atoms with Crippen molar-refractivity contribution < 1.29 is 9.47 Å². The van der Waals surface area contributed by atoms with Crippen molar-refractivity contribution in [3.63, 3.8) is 0 Å². The van der Waals surface area contributed by atoms with E-state index in [1.807, 2.05) is 37.4 Å². The number of para-hydroxylation sites is 2. The molecule has 0 atom stereocenters. The molecule has 6 heteroatoms. The Hall–Kier alpha value is -2.73. The van der Waals surface area contributed by atoms with E-state index in [1.54, 1.807) is 7.11 Å². The Balaban J connectivity index is 1.41. The highest BCUT2D eigenvalue weighted by Crippen LogP contribution is 2.28. The van der Waals surface area contributed by atoms with Crippen molar-refractivity contribution in [3.05, 3.63) is 60.2 Å². The number of piperazine rings is 1. The number of nitrogens with zero attached hydrogens (tertiary/aromatic N) is 3. The highest BCUT2D eigenvalue weighted by molar-refractivity contribution is 5.80. The van der Waals surface area contributed by atoms with Gasteiger partial charge in [-0.2, -0.15) is 0 Å². The van der Waals surface area contributed by atoms with Crippen molar-refractivity contribution in [2.75, 3.05) is 58.4 Å². The van der Waals surface area contributed by atoms with Crippen LogP contribution >= 0.6 is 0 Å². The van der Waals surface area contributed by atoms with Crippen LogP contribution in [0.15, 0.2) is 59.6 Å². The van der Waals surface area contributed by atoms with E-state index in [0.29, 0.717) is 13.2 Å². The molecule has 0 aromatic heterocycles. The van der Waals surface area contributed by atoms with Crippen LogP contribution in [0.2, 0.25) is 0 Å². The third-order valence-corrected chi connectivity index (χ3v) is 4.86. The summed E-state index contributed by atoms with van der Waals surface area (Å²) in [4.78, 5) is 9.09. The van der Waals surface area contributed by atoms with Crippen LogP contribution < -0.4 is 15.0 Å². The van der Waals surface area contributed by atoms with Crippen molar-refractivity contribution in [2.24, 2.45) is 4.99 Å². The van der Waals surface area contributed by atoms with Crippen molar-refractivity contribution >= 4 is 11.6 Å². The van der Waals surface area contributed by atoms with Gasteiger partial charge in [-0.25, -0.2) is 0 Å². The lowest BCUT2D eigenvalue weighted by molar-refractivity contribution is 0.125. The first-order valence-corrected chi connectivity index (χ1v) is 9.77. The fourth-order valence-electron chi connectivity index (χ4n) is 3.38. The van der Waals surface area contributed by atoms with Gasteiger partial charge in [0.25, 0.3) is 0 Å². The van der Waals surface area contributed by atoms with Crippen LogP contribution in [0.1, 0.15) is 5.56 Å². The van der Waals surface area contributed by atoms with E-state index in [4.69, 9.17) is 9.47 Å². The van der Waals surface area contributed by atoms with E-state index in [2.05, 4.69) is 44.4 Å². The Labute approximate surface area is 167 Å². The van der Waals surface area contributed by atoms with Gasteiger partial charge in [0.15, 0.2) is 5.96 Å². The maximum absolute atomic E-state index is 5.74. The van der Waals surface area contributed by atoms with Crippen LogP contribution in [0.4, 0.5) is 5.69 Å². The number of methoxy groups -OCH3 is 1. The molecule has 150 valence electrons. The minimum absolute atomic E-state index is 0.638. The van der Waals surface area contributed by atoms with E-state index in [1.165, 1.54) is 5.56 Å². The minimum atomic E-state index is 0.638. The zero-order valence-electron chi connectivity index (χ0n) is 16.8. The van der Waals surface area contributed by atoms with E-state index in [0.717, 1.165) is 50.1 Å². The largest absolute Gasteiger partial charge is 0.495 e. The molecule has 1 N–H and O–H groups in total. The maximum atomic E-state index is 5.74. The summed E-state index contributed by atoms with van der Waals surface area (Å²) >= 11 is 0. The van der Waals surface area contributed by atoms with Crippen LogP contribution in [0.3, 0.4) is 0 Å². The van der Waals surface area contributed by atoms with Gasteiger partial charge in [0.1, 0.15) is 5.75 Å². The fraction of sp³-hybridized carbons (Fsp3) is 0.409. The summed E-state index contributed by atoms with van der Waals surface area (Å²) < 4.78 is 11.2. The van der Waals surface area contributed by atoms with Crippen molar-refractivity contribution in [3.8, 4) is 5.75 Å². The van der Waals surface area contributed by atoms with E-state index >= 15 is 0 Å². The van der Waals surface area contributed by atoms with Crippen LogP contribution in [0.5, 0.6) is 5.75 Å². The second-order valence-corrected chi connectivity index (χ2v) is 6.66. The molecule has 0 bridgehead atoms. The van der Waals surface area contributed by atoms with Gasteiger partial charge in [-0.05, 0) is 17.7 Å². The van der Waals surface area contributed by atoms with Crippen LogP contribution in [-0.4, -0.2) is 64.3 Å². The molecule has 0 unspecified atom stereocenters. The van der Waals surface area contributed by atoms with Gasteiger partial charge in [0.2, 0.25) is 0 Å².